The summed E-state index contributed by atoms with van der Waals surface area (Å²) in [6, 6.07) is 55.3. The lowest BCUT2D eigenvalue weighted by atomic mass is 9.80. The molecule has 7 aromatic rings. The quantitative estimate of drug-likeness (QED) is 0.172. The summed E-state index contributed by atoms with van der Waals surface area (Å²) < 4.78 is 0. The molecule has 2 aliphatic rings. The Morgan fingerprint density at radius 3 is 1.27 bits per heavy atom. The molecule has 0 amide bonds. The average molecular weight is 714 g/mol. The van der Waals surface area contributed by atoms with Gasteiger partial charge < -0.3 is 4.90 Å². The Morgan fingerprint density at radius 2 is 0.818 bits per heavy atom. The highest BCUT2D eigenvalue weighted by Gasteiger charge is 2.37. The van der Waals surface area contributed by atoms with E-state index < -0.39 is 0 Å². The zero-order valence-corrected chi connectivity index (χ0v) is 33.8. The maximum absolute atomic E-state index is 2.47. The number of hydrogen-bond acceptors (Lipinski definition) is 1. The lowest BCUT2D eigenvalue weighted by Gasteiger charge is -2.29. The predicted octanol–water partition coefficient (Wildman–Crippen LogP) is 15.0. The molecule has 0 saturated carbocycles. The van der Waals surface area contributed by atoms with Gasteiger partial charge in [0.25, 0.3) is 0 Å². The van der Waals surface area contributed by atoms with Crippen molar-refractivity contribution in [1.29, 1.82) is 0 Å². The van der Waals surface area contributed by atoms with Crippen LogP contribution in [0.3, 0.4) is 0 Å². The lowest BCUT2D eigenvalue weighted by molar-refractivity contribution is 0.590. The first-order valence-corrected chi connectivity index (χ1v) is 19.8. The van der Waals surface area contributed by atoms with Gasteiger partial charge in [0.15, 0.2) is 0 Å². The lowest BCUT2D eigenvalue weighted by Crippen LogP contribution is -2.15. The van der Waals surface area contributed by atoms with Crippen molar-refractivity contribution in [3.63, 3.8) is 0 Å². The summed E-state index contributed by atoms with van der Waals surface area (Å²) in [5, 5.41) is 0. The van der Waals surface area contributed by atoms with Gasteiger partial charge >= 0.3 is 0 Å². The van der Waals surface area contributed by atoms with Crippen molar-refractivity contribution >= 4 is 17.1 Å². The fraction of sp³-hybridized carbons (Fsp3) is 0.222. The van der Waals surface area contributed by atoms with Crippen LogP contribution in [0, 0.1) is 13.8 Å². The van der Waals surface area contributed by atoms with Crippen LogP contribution in [0.4, 0.5) is 17.1 Å². The van der Waals surface area contributed by atoms with Crippen LogP contribution < -0.4 is 4.90 Å². The summed E-state index contributed by atoms with van der Waals surface area (Å²) in [6.07, 6.45) is 0. The van der Waals surface area contributed by atoms with Crippen molar-refractivity contribution in [2.24, 2.45) is 0 Å². The van der Waals surface area contributed by atoms with Crippen LogP contribution in [0.15, 0.2) is 146 Å². The van der Waals surface area contributed by atoms with Gasteiger partial charge in [-0.05, 0) is 146 Å². The molecule has 7 aromatic carbocycles. The van der Waals surface area contributed by atoms with Crippen molar-refractivity contribution in [3.8, 4) is 44.5 Å². The summed E-state index contributed by atoms with van der Waals surface area (Å²) in [4.78, 5) is 2.44. The normalized spacial score (nSPS) is 14.6. The van der Waals surface area contributed by atoms with Gasteiger partial charge in [-0.2, -0.15) is 0 Å². The van der Waals surface area contributed by atoms with Gasteiger partial charge in [-0.25, -0.2) is 0 Å². The van der Waals surface area contributed by atoms with Crippen molar-refractivity contribution in [3.05, 3.63) is 185 Å². The highest BCUT2D eigenvalue weighted by Crippen LogP contribution is 2.52. The standard InChI is InChI=1S/C54H51N/c1-34-18-24-39(25-19-34)55(40-26-22-38(23-27-40)52(3,4)5)41-32-46(36-20-28-44-42-14-10-12-16-48(42)53(6,7)50(44)30-36)35(2)47(33-41)37-21-29-45-43-15-11-13-17-49(43)54(8,9)51(45)31-37/h10-33H,1-9H3. The monoisotopic (exact) mass is 713 g/mol. The fourth-order valence-corrected chi connectivity index (χ4v) is 9.42. The number of aryl methyl sites for hydroxylation is 1. The summed E-state index contributed by atoms with van der Waals surface area (Å²) in [5.41, 5.74) is 23.2. The molecule has 0 spiro atoms. The number of anilines is 3. The van der Waals surface area contributed by atoms with Crippen molar-refractivity contribution in [2.75, 3.05) is 4.90 Å². The van der Waals surface area contributed by atoms with E-state index in [0.29, 0.717) is 0 Å². The number of benzene rings is 7. The topological polar surface area (TPSA) is 3.24 Å². The fourth-order valence-electron chi connectivity index (χ4n) is 9.42. The van der Waals surface area contributed by atoms with Crippen LogP contribution in [-0.4, -0.2) is 0 Å². The minimum absolute atomic E-state index is 0.0689. The zero-order valence-electron chi connectivity index (χ0n) is 33.8. The molecule has 0 atom stereocenters. The van der Waals surface area contributed by atoms with Crippen molar-refractivity contribution in [2.45, 2.75) is 78.6 Å². The third kappa shape index (κ3) is 5.58. The van der Waals surface area contributed by atoms with Crippen molar-refractivity contribution in [1.82, 2.24) is 0 Å². The first-order chi connectivity index (χ1) is 26.2. The Labute approximate surface area is 328 Å². The summed E-state index contributed by atoms with van der Waals surface area (Å²) >= 11 is 0. The van der Waals surface area contributed by atoms with E-state index in [9.17, 15) is 0 Å². The molecule has 55 heavy (non-hydrogen) atoms. The molecule has 0 radical (unpaired) electrons. The molecule has 0 N–H and O–H groups in total. The van der Waals surface area contributed by atoms with E-state index in [1.807, 2.05) is 0 Å². The van der Waals surface area contributed by atoms with E-state index >= 15 is 0 Å². The van der Waals surface area contributed by atoms with E-state index in [0.717, 1.165) is 17.1 Å². The molecule has 0 heterocycles. The summed E-state index contributed by atoms with van der Waals surface area (Å²) in [5.74, 6) is 0. The van der Waals surface area contributed by atoms with Gasteiger partial charge in [-0.1, -0.05) is 151 Å². The van der Waals surface area contributed by atoms with E-state index in [4.69, 9.17) is 0 Å². The molecule has 272 valence electrons. The van der Waals surface area contributed by atoms with Crippen LogP contribution in [-0.2, 0) is 16.2 Å². The number of nitrogens with zero attached hydrogens (tertiary/aromatic N) is 1. The molecule has 1 nitrogen and oxygen atoms in total. The molecule has 0 aromatic heterocycles. The Morgan fingerprint density at radius 1 is 0.400 bits per heavy atom. The van der Waals surface area contributed by atoms with Crippen LogP contribution in [0.25, 0.3) is 44.5 Å². The summed E-state index contributed by atoms with van der Waals surface area (Å²) in [6.45, 7) is 20.8. The van der Waals surface area contributed by atoms with Crippen LogP contribution in [0.5, 0.6) is 0 Å². The first-order valence-electron chi connectivity index (χ1n) is 19.8. The Bertz CT molecular complexity index is 2500. The molecule has 0 saturated heterocycles. The largest absolute Gasteiger partial charge is 0.310 e. The Kier molecular flexibility index (Phi) is 7.93. The van der Waals surface area contributed by atoms with Gasteiger partial charge in [0.2, 0.25) is 0 Å². The first kappa shape index (κ1) is 35.1. The van der Waals surface area contributed by atoms with Gasteiger partial charge in [-0.3, -0.25) is 0 Å². The molecule has 0 unspecified atom stereocenters. The summed E-state index contributed by atoms with van der Waals surface area (Å²) in [7, 11) is 0. The number of rotatable bonds is 5. The molecule has 9 rings (SSSR count). The van der Waals surface area contributed by atoms with E-state index in [1.165, 1.54) is 83.5 Å². The van der Waals surface area contributed by atoms with Gasteiger partial charge in [0, 0.05) is 27.9 Å². The minimum atomic E-state index is -0.0837. The van der Waals surface area contributed by atoms with Crippen LogP contribution >= 0.6 is 0 Å². The van der Waals surface area contributed by atoms with E-state index in [-0.39, 0.29) is 16.2 Å². The second-order valence-corrected chi connectivity index (χ2v) is 18.0. The predicted molar refractivity (Wildman–Crippen MR) is 235 cm³/mol. The molecule has 1 heteroatoms. The van der Waals surface area contributed by atoms with Crippen molar-refractivity contribution < 1.29 is 0 Å². The molecule has 2 aliphatic carbocycles. The molecule has 0 fully saturated rings. The minimum Gasteiger partial charge on any atom is -0.310 e. The van der Waals surface area contributed by atoms with E-state index in [2.05, 4.69) is 213 Å². The SMILES string of the molecule is Cc1ccc(N(c2ccc(C(C)(C)C)cc2)c2cc(-c3ccc4c(c3)C(C)(C)c3ccccc3-4)c(C)c(-c3ccc4c(c3)C(C)(C)c3ccccc3-4)c2)cc1. The maximum atomic E-state index is 2.47. The highest BCUT2D eigenvalue weighted by molar-refractivity contribution is 5.91. The number of fused-ring (bicyclic) bond motifs is 6. The van der Waals surface area contributed by atoms with Gasteiger partial charge in [0.05, 0.1) is 0 Å². The highest BCUT2D eigenvalue weighted by atomic mass is 15.1. The molecule has 0 aliphatic heterocycles. The van der Waals surface area contributed by atoms with Crippen LogP contribution in [0.2, 0.25) is 0 Å². The zero-order chi connectivity index (χ0) is 38.4. The second kappa shape index (κ2) is 12.4. The Balaban J connectivity index is 1.28. The third-order valence-electron chi connectivity index (χ3n) is 12.7. The van der Waals surface area contributed by atoms with Gasteiger partial charge in [0.1, 0.15) is 0 Å². The Hall–Kier alpha value is -5.66. The van der Waals surface area contributed by atoms with E-state index in [1.54, 1.807) is 0 Å². The average Bonchev–Trinajstić information content (AvgIpc) is 3.55. The third-order valence-corrected chi connectivity index (χ3v) is 12.7. The smallest absolute Gasteiger partial charge is 0.0474 e. The molecular weight excluding hydrogens is 663 g/mol. The van der Waals surface area contributed by atoms with Gasteiger partial charge in [-0.15, -0.1) is 0 Å². The maximum Gasteiger partial charge on any atom is 0.0474 e. The number of hydrogen-bond donors (Lipinski definition) is 0. The van der Waals surface area contributed by atoms with Crippen LogP contribution in [0.1, 0.15) is 87.4 Å². The molecular formula is C54H51N. The molecule has 0 bridgehead atoms. The second-order valence-electron chi connectivity index (χ2n) is 18.0.